The maximum Gasteiger partial charge on any atom is 0.101 e. The molecule has 3 nitrogen and oxygen atoms in total. The van der Waals surface area contributed by atoms with E-state index in [1.54, 1.807) is 12.4 Å². The predicted octanol–water partition coefficient (Wildman–Crippen LogP) is 7.66. The van der Waals surface area contributed by atoms with Gasteiger partial charge in [-0.05, 0) is 63.0 Å². The van der Waals surface area contributed by atoms with Crippen molar-refractivity contribution in [3.05, 3.63) is 121 Å². The Balaban J connectivity index is 1.65. The number of rotatable bonds is 3. The molecule has 0 amide bonds. The molecule has 34 heavy (non-hydrogen) atoms. The van der Waals surface area contributed by atoms with E-state index in [1.165, 1.54) is 16.2 Å². The van der Waals surface area contributed by atoms with E-state index in [0.717, 1.165) is 39.0 Å². The Bertz CT molecular complexity index is 1710. The molecule has 0 saturated carbocycles. The van der Waals surface area contributed by atoms with Crippen molar-refractivity contribution in [1.29, 1.82) is 5.26 Å². The summed E-state index contributed by atoms with van der Waals surface area (Å²) in [4.78, 5) is 9.28. The largest absolute Gasteiger partial charge is 0.263 e. The van der Waals surface area contributed by atoms with Crippen molar-refractivity contribution in [2.24, 2.45) is 0 Å². The van der Waals surface area contributed by atoms with Crippen molar-refractivity contribution in [1.82, 2.24) is 9.97 Å². The van der Waals surface area contributed by atoms with Crippen molar-refractivity contribution in [2.45, 2.75) is 0 Å². The van der Waals surface area contributed by atoms with Crippen LogP contribution in [0.15, 0.2) is 116 Å². The zero-order chi connectivity index (χ0) is 22.9. The maximum absolute atomic E-state index is 9.30. The molecule has 0 N–H and O–H groups in total. The molecular weight excluding hydrogens is 414 g/mol. The van der Waals surface area contributed by atoms with Crippen LogP contribution >= 0.6 is 0 Å². The van der Waals surface area contributed by atoms with Crippen LogP contribution < -0.4 is 0 Å². The molecule has 0 aliphatic heterocycles. The summed E-state index contributed by atoms with van der Waals surface area (Å²) in [5.41, 5.74) is 6.41. The SMILES string of the molecule is N#Cc1cncc(-c2cccc(-c3c(-c4ccccc4)ccc4cc5ccccc5cc34)n2)c1. The lowest BCUT2D eigenvalue weighted by Gasteiger charge is -2.15. The molecule has 0 aliphatic carbocycles. The third-order valence-corrected chi connectivity index (χ3v) is 6.14. The van der Waals surface area contributed by atoms with Crippen LogP contribution in [-0.4, -0.2) is 9.97 Å². The normalized spacial score (nSPS) is 10.9. The van der Waals surface area contributed by atoms with Gasteiger partial charge in [-0.25, -0.2) is 4.98 Å². The molecular formula is C31H19N3. The number of pyridine rings is 2. The van der Waals surface area contributed by atoms with Crippen molar-refractivity contribution < 1.29 is 0 Å². The second-order valence-electron chi connectivity index (χ2n) is 8.26. The number of hydrogen-bond acceptors (Lipinski definition) is 3. The quantitative estimate of drug-likeness (QED) is 0.269. The van der Waals surface area contributed by atoms with Crippen LogP contribution in [-0.2, 0) is 0 Å². The van der Waals surface area contributed by atoms with Gasteiger partial charge in [-0.3, -0.25) is 4.98 Å². The van der Waals surface area contributed by atoms with Crippen LogP contribution in [0, 0.1) is 11.3 Å². The Hall–Kier alpha value is -4.81. The highest BCUT2D eigenvalue weighted by molar-refractivity contribution is 6.09. The first-order valence-corrected chi connectivity index (χ1v) is 11.1. The molecule has 0 saturated heterocycles. The minimum atomic E-state index is 0.520. The molecule has 0 aliphatic rings. The number of fused-ring (bicyclic) bond motifs is 2. The van der Waals surface area contributed by atoms with Gasteiger partial charge in [-0.15, -0.1) is 0 Å². The van der Waals surface area contributed by atoms with E-state index < -0.39 is 0 Å². The molecule has 2 heterocycles. The first kappa shape index (κ1) is 19.8. The lowest BCUT2D eigenvalue weighted by molar-refractivity contribution is 1.27. The van der Waals surface area contributed by atoms with Crippen LogP contribution in [0.2, 0.25) is 0 Å². The summed E-state index contributed by atoms with van der Waals surface area (Å²) in [7, 11) is 0. The van der Waals surface area contributed by atoms with E-state index in [2.05, 4.69) is 89.9 Å². The summed E-state index contributed by atoms with van der Waals surface area (Å²) in [6, 6.07) is 37.8. The third kappa shape index (κ3) is 3.48. The first-order valence-electron chi connectivity index (χ1n) is 11.1. The second-order valence-corrected chi connectivity index (χ2v) is 8.26. The Kier molecular flexibility index (Phi) is 4.83. The second kappa shape index (κ2) is 8.27. The van der Waals surface area contributed by atoms with Gasteiger partial charge in [0.15, 0.2) is 0 Å². The Morgan fingerprint density at radius 1 is 0.588 bits per heavy atom. The van der Waals surface area contributed by atoms with E-state index in [9.17, 15) is 5.26 Å². The van der Waals surface area contributed by atoms with E-state index >= 15 is 0 Å². The highest BCUT2D eigenvalue weighted by Gasteiger charge is 2.15. The molecule has 3 heteroatoms. The summed E-state index contributed by atoms with van der Waals surface area (Å²) in [6.07, 6.45) is 3.32. The molecule has 2 aromatic heterocycles. The number of nitriles is 1. The summed E-state index contributed by atoms with van der Waals surface area (Å²) < 4.78 is 0. The fourth-order valence-electron chi connectivity index (χ4n) is 4.52. The topological polar surface area (TPSA) is 49.6 Å². The van der Waals surface area contributed by atoms with E-state index in [4.69, 9.17) is 4.98 Å². The van der Waals surface area contributed by atoms with Crippen LogP contribution in [0.1, 0.15) is 5.56 Å². The lowest BCUT2D eigenvalue weighted by Crippen LogP contribution is -1.93. The van der Waals surface area contributed by atoms with Gasteiger partial charge in [0.1, 0.15) is 6.07 Å². The molecule has 4 aromatic carbocycles. The highest BCUT2D eigenvalue weighted by Crippen LogP contribution is 2.39. The Labute approximate surface area is 197 Å². The van der Waals surface area contributed by atoms with Crippen LogP contribution in [0.25, 0.3) is 55.2 Å². The zero-order valence-corrected chi connectivity index (χ0v) is 18.3. The summed E-state index contributed by atoms with van der Waals surface area (Å²) in [5, 5.41) is 14.0. The van der Waals surface area contributed by atoms with Crippen molar-refractivity contribution in [3.8, 4) is 39.7 Å². The summed E-state index contributed by atoms with van der Waals surface area (Å²) in [6.45, 7) is 0. The summed E-state index contributed by atoms with van der Waals surface area (Å²) in [5.74, 6) is 0. The Morgan fingerprint density at radius 3 is 2.18 bits per heavy atom. The van der Waals surface area contributed by atoms with Crippen LogP contribution in [0.3, 0.4) is 0 Å². The molecule has 0 atom stereocenters. The molecule has 0 bridgehead atoms. The van der Waals surface area contributed by atoms with E-state index in [1.807, 2.05) is 24.3 Å². The average molecular weight is 434 g/mol. The minimum Gasteiger partial charge on any atom is -0.263 e. The summed E-state index contributed by atoms with van der Waals surface area (Å²) >= 11 is 0. The minimum absolute atomic E-state index is 0.520. The Morgan fingerprint density at radius 2 is 1.35 bits per heavy atom. The standard InChI is InChI=1S/C31H19N3/c32-18-21-15-26(20-33-19-21)29-11-6-12-30(34-29)31-27(22-7-2-1-3-8-22)14-13-25-16-23-9-4-5-10-24(23)17-28(25)31/h1-17,19-20H. The van der Waals surface area contributed by atoms with Gasteiger partial charge in [0, 0.05) is 23.5 Å². The molecule has 0 unspecified atom stereocenters. The number of hydrogen-bond donors (Lipinski definition) is 0. The molecule has 0 spiro atoms. The molecule has 158 valence electrons. The first-order chi connectivity index (χ1) is 16.8. The molecule has 6 aromatic rings. The maximum atomic E-state index is 9.30. The number of aromatic nitrogens is 2. The van der Waals surface area contributed by atoms with Gasteiger partial charge >= 0.3 is 0 Å². The molecule has 0 radical (unpaired) electrons. The van der Waals surface area contributed by atoms with Crippen LogP contribution in [0.4, 0.5) is 0 Å². The van der Waals surface area contributed by atoms with E-state index in [-0.39, 0.29) is 0 Å². The van der Waals surface area contributed by atoms with Crippen molar-refractivity contribution in [2.75, 3.05) is 0 Å². The number of nitrogens with zero attached hydrogens (tertiary/aromatic N) is 3. The fourth-order valence-corrected chi connectivity index (χ4v) is 4.52. The van der Waals surface area contributed by atoms with Crippen LogP contribution in [0.5, 0.6) is 0 Å². The monoisotopic (exact) mass is 433 g/mol. The third-order valence-electron chi connectivity index (χ3n) is 6.14. The lowest BCUT2D eigenvalue weighted by atomic mass is 9.90. The van der Waals surface area contributed by atoms with Crippen molar-refractivity contribution in [3.63, 3.8) is 0 Å². The smallest absolute Gasteiger partial charge is 0.101 e. The van der Waals surface area contributed by atoms with E-state index in [0.29, 0.717) is 5.56 Å². The number of benzene rings is 4. The fraction of sp³-hybridized carbons (Fsp3) is 0. The predicted molar refractivity (Wildman–Crippen MR) is 138 cm³/mol. The van der Waals surface area contributed by atoms with Gasteiger partial charge in [0.2, 0.25) is 0 Å². The average Bonchev–Trinajstić information content (AvgIpc) is 2.92. The molecule has 0 fully saturated rings. The highest BCUT2D eigenvalue weighted by atomic mass is 14.7. The van der Waals surface area contributed by atoms with Crippen molar-refractivity contribution >= 4 is 21.5 Å². The van der Waals surface area contributed by atoms with Gasteiger partial charge in [0.05, 0.1) is 17.0 Å². The van der Waals surface area contributed by atoms with Gasteiger partial charge in [-0.1, -0.05) is 72.8 Å². The van der Waals surface area contributed by atoms with Gasteiger partial charge in [0.25, 0.3) is 0 Å². The zero-order valence-electron chi connectivity index (χ0n) is 18.3. The molecule has 6 rings (SSSR count). The van der Waals surface area contributed by atoms with Gasteiger partial charge < -0.3 is 0 Å². The van der Waals surface area contributed by atoms with Gasteiger partial charge in [-0.2, -0.15) is 5.26 Å².